The number of carbonyl (C=O) groups is 3. The predicted molar refractivity (Wildman–Crippen MR) is 166 cm³/mol. The van der Waals surface area contributed by atoms with E-state index >= 15 is 0 Å². The summed E-state index contributed by atoms with van der Waals surface area (Å²) in [5.41, 5.74) is 4.79. The predicted octanol–water partition coefficient (Wildman–Crippen LogP) is 3.89. The van der Waals surface area contributed by atoms with Gasteiger partial charge in [0.05, 0.1) is 4.90 Å². The molecule has 3 aromatic rings. The summed E-state index contributed by atoms with van der Waals surface area (Å²) in [5.74, 6) is -1.97. The van der Waals surface area contributed by atoms with E-state index in [-0.39, 0.29) is 23.8 Å². The molecule has 0 saturated carbocycles. The van der Waals surface area contributed by atoms with E-state index in [1.807, 2.05) is 0 Å². The van der Waals surface area contributed by atoms with Gasteiger partial charge in [0.1, 0.15) is 12.1 Å². The number of aryl methyl sites for hydroxylation is 3. The molecule has 1 fully saturated rings. The third kappa shape index (κ3) is 7.70. The lowest BCUT2D eigenvalue weighted by Gasteiger charge is -2.25. The average molecular weight is 619 g/mol. The molecule has 0 spiro atoms. The number of nitrogens with zero attached hydrogens (tertiary/aromatic N) is 2. The van der Waals surface area contributed by atoms with Crippen molar-refractivity contribution in [3.63, 3.8) is 0 Å². The number of anilines is 1. The van der Waals surface area contributed by atoms with Crippen molar-refractivity contribution >= 4 is 33.5 Å². The van der Waals surface area contributed by atoms with Crippen LogP contribution in [-0.2, 0) is 50.1 Å². The number of sulfonamides is 1. The smallest absolute Gasteiger partial charge is 0.326 e. The number of amides is 2. The number of carboxylic acid groups (broad SMARTS) is 1. The Balaban J connectivity index is 1.12. The van der Waals surface area contributed by atoms with Crippen LogP contribution in [0.5, 0.6) is 0 Å². The van der Waals surface area contributed by atoms with Crippen molar-refractivity contribution in [2.75, 3.05) is 11.9 Å². The van der Waals surface area contributed by atoms with Gasteiger partial charge in [0.15, 0.2) is 0 Å². The van der Waals surface area contributed by atoms with E-state index in [9.17, 15) is 27.9 Å². The van der Waals surface area contributed by atoms with Crippen molar-refractivity contribution in [1.82, 2.24) is 14.6 Å². The van der Waals surface area contributed by atoms with Gasteiger partial charge in [-0.15, -0.1) is 0 Å². The lowest BCUT2D eigenvalue weighted by Crippen LogP contribution is -2.51. The third-order valence-electron chi connectivity index (χ3n) is 8.22. The molecule has 2 aromatic carbocycles. The number of carboxylic acids is 1. The Morgan fingerprint density at radius 3 is 2.45 bits per heavy atom. The highest BCUT2D eigenvalue weighted by Crippen LogP contribution is 2.26. The summed E-state index contributed by atoms with van der Waals surface area (Å²) in [6.45, 7) is 0.186. The van der Waals surface area contributed by atoms with Crippen molar-refractivity contribution < 1.29 is 27.9 Å². The van der Waals surface area contributed by atoms with Crippen LogP contribution >= 0.6 is 0 Å². The van der Waals surface area contributed by atoms with Gasteiger partial charge in [0.25, 0.3) is 0 Å². The van der Waals surface area contributed by atoms with Crippen LogP contribution in [0.15, 0.2) is 71.6 Å². The standard InChI is InChI=1S/C33H38N4O6S/c38-31(14-6-9-25-20-17-24-8-4-5-12-28(24)34-25)35-26-18-15-23(16-19-26)22-29(33(40)41)36-32(39)30-13-7-21-37(30)44(42,43)27-10-2-1-3-11-27/h1-3,10-11,15-20,29-30H,4-9,12-14,21-22H2,(H,35,38)(H,36,39)(H,40,41)/t29?,30-/m0/s1. The Labute approximate surface area is 257 Å². The highest BCUT2D eigenvalue weighted by atomic mass is 32.2. The second kappa shape index (κ2) is 14.1. The van der Waals surface area contributed by atoms with Crippen LogP contribution < -0.4 is 10.6 Å². The number of aliphatic carboxylic acids is 1. The Morgan fingerprint density at radius 2 is 1.70 bits per heavy atom. The number of carbonyl (C=O) groups excluding carboxylic acids is 2. The quantitative estimate of drug-likeness (QED) is 0.279. The van der Waals surface area contributed by atoms with Crippen molar-refractivity contribution in [2.24, 2.45) is 0 Å². The summed E-state index contributed by atoms with van der Waals surface area (Å²) in [5, 5.41) is 15.2. The zero-order valence-corrected chi connectivity index (χ0v) is 25.4. The maximum absolute atomic E-state index is 13.1. The van der Waals surface area contributed by atoms with E-state index in [1.165, 1.54) is 36.2 Å². The van der Waals surface area contributed by atoms with E-state index in [2.05, 4.69) is 22.8 Å². The Kier molecular flexibility index (Phi) is 10.1. The number of hydrogen-bond acceptors (Lipinski definition) is 6. The molecular formula is C33H38N4O6S. The van der Waals surface area contributed by atoms with Gasteiger partial charge in [-0.25, -0.2) is 13.2 Å². The summed E-state index contributed by atoms with van der Waals surface area (Å²) in [4.78, 5) is 42.5. The number of rotatable bonds is 12. The fourth-order valence-corrected chi connectivity index (χ4v) is 7.54. The Morgan fingerprint density at radius 1 is 0.955 bits per heavy atom. The van der Waals surface area contributed by atoms with Gasteiger partial charge in [-0.1, -0.05) is 36.4 Å². The van der Waals surface area contributed by atoms with E-state index in [4.69, 9.17) is 4.98 Å². The Hall–Kier alpha value is -4.09. The maximum Gasteiger partial charge on any atom is 0.326 e. The van der Waals surface area contributed by atoms with Crippen molar-refractivity contribution in [3.8, 4) is 0 Å². The first-order valence-corrected chi connectivity index (χ1v) is 16.6. The molecule has 2 aliphatic rings. The summed E-state index contributed by atoms with van der Waals surface area (Å²) in [7, 11) is -3.90. The van der Waals surface area contributed by atoms with Gasteiger partial charge in [-0.05, 0) is 92.8 Å². The molecule has 1 unspecified atom stereocenters. The summed E-state index contributed by atoms with van der Waals surface area (Å²) in [6.07, 6.45) is 7.09. The first-order chi connectivity index (χ1) is 21.2. The molecule has 3 N–H and O–H groups in total. The molecule has 5 rings (SSSR count). The van der Waals surface area contributed by atoms with Gasteiger partial charge >= 0.3 is 5.97 Å². The van der Waals surface area contributed by atoms with E-state index in [0.29, 0.717) is 36.9 Å². The molecule has 0 bridgehead atoms. The van der Waals surface area contributed by atoms with Crippen LogP contribution in [0.2, 0.25) is 0 Å². The first kappa shape index (κ1) is 31.3. The van der Waals surface area contributed by atoms with Gasteiger partial charge < -0.3 is 15.7 Å². The molecule has 1 aliphatic heterocycles. The summed E-state index contributed by atoms with van der Waals surface area (Å²) in [6, 6.07) is 16.7. The molecule has 1 aliphatic carbocycles. The van der Waals surface area contributed by atoms with Gasteiger partial charge in [-0.2, -0.15) is 4.31 Å². The SMILES string of the molecule is O=C(CCCc1ccc2c(n1)CCCC2)Nc1ccc(CC(NC(=O)[C@@H]2CCCN2S(=O)(=O)c2ccccc2)C(=O)O)cc1. The third-order valence-corrected chi connectivity index (χ3v) is 10.1. The molecule has 44 heavy (non-hydrogen) atoms. The van der Waals surface area contributed by atoms with Crippen LogP contribution in [0, 0.1) is 0 Å². The molecule has 1 saturated heterocycles. The van der Waals surface area contributed by atoms with Crippen molar-refractivity contribution in [1.29, 1.82) is 0 Å². The molecular weight excluding hydrogens is 580 g/mol. The topological polar surface area (TPSA) is 146 Å². The second-order valence-corrected chi connectivity index (χ2v) is 13.3. The van der Waals surface area contributed by atoms with E-state index < -0.39 is 34.0 Å². The lowest BCUT2D eigenvalue weighted by molar-refractivity contribution is -0.142. The maximum atomic E-state index is 13.1. The average Bonchev–Trinajstić information content (AvgIpc) is 3.53. The number of benzene rings is 2. The van der Waals surface area contributed by atoms with E-state index in [1.54, 1.807) is 42.5 Å². The highest BCUT2D eigenvalue weighted by Gasteiger charge is 2.40. The molecule has 11 heteroatoms. The van der Waals surface area contributed by atoms with Crippen LogP contribution in [-0.4, -0.2) is 59.2 Å². The minimum absolute atomic E-state index is 0.00122. The minimum Gasteiger partial charge on any atom is -0.480 e. The van der Waals surface area contributed by atoms with Gasteiger partial charge in [0, 0.05) is 36.5 Å². The van der Waals surface area contributed by atoms with Crippen LogP contribution in [0.3, 0.4) is 0 Å². The van der Waals surface area contributed by atoms with Crippen LogP contribution in [0.25, 0.3) is 0 Å². The number of fused-ring (bicyclic) bond motifs is 1. The molecule has 2 amide bonds. The number of pyridine rings is 1. The first-order valence-electron chi connectivity index (χ1n) is 15.2. The highest BCUT2D eigenvalue weighted by molar-refractivity contribution is 7.89. The fourth-order valence-electron chi connectivity index (χ4n) is 5.87. The summed E-state index contributed by atoms with van der Waals surface area (Å²) >= 11 is 0. The van der Waals surface area contributed by atoms with Gasteiger partial charge in [-0.3, -0.25) is 14.6 Å². The zero-order valence-electron chi connectivity index (χ0n) is 24.6. The van der Waals surface area contributed by atoms with Gasteiger partial charge in [0.2, 0.25) is 21.8 Å². The normalized spacial score (nSPS) is 17.4. The zero-order chi connectivity index (χ0) is 31.1. The molecule has 2 heterocycles. The van der Waals surface area contributed by atoms with E-state index in [0.717, 1.165) is 29.3 Å². The monoisotopic (exact) mass is 618 g/mol. The lowest BCUT2D eigenvalue weighted by atomic mass is 9.95. The van der Waals surface area contributed by atoms with Crippen molar-refractivity contribution in [2.45, 2.75) is 81.2 Å². The second-order valence-electron chi connectivity index (χ2n) is 11.4. The van der Waals surface area contributed by atoms with Crippen molar-refractivity contribution in [3.05, 3.63) is 89.2 Å². The fraction of sp³-hybridized carbons (Fsp3) is 0.394. The number of aromatic nitrogens is 1. The molecule has 10 nitrogen and oxygen atoms in total. The van der Waals surface area contributed by atoms with Crippen LogP contribution in [0.1, 0.15) is 61.0 Å². The van der Waals surface area contributed by atoms with Crippen LogP contribution in [0.4, 0.5) is 5.69 Å². The molecule has 232 valence electrons. The minimum atomic E-state index is -3.90. The summed E-state index contributed by atoms with van der Waals surface area (Å²) < 4.78 is 27.4. The Bertz CT molecular complexity index is 1590. The largest absolute Gasteiger partial charge is 0.480 e. The molecule has 0 radical (unpaired) electrons. The molecule has 2 atom stereocenters. The number of hydrogen-bond donors (Lipinski definition) is 3. The molecule has 1 aromatic heterocycles. The number of nitrogens with one attached hydrogen (secondary N) is 2.